The number of rotatable bonds is 3. The number of ether oxygens (including phenoxy) is 1. The molecule has 1 atom stereocenters. The van der Waals surface area contributed by atoms with Crippen LogP contribution < -0.4 is 5.73 Å². The SMILES string of the molecule is CCOC(=O)Cn1c2c(c3ccccc31)CC(N)CC2. The Labute approximate surface area is 118 Å². The van der Waals surface area contributed by atoms with E-state index >= 15 is 0 Å². The van der Waals surface area contributed by atoms with Crippen LogP contribution in [0, 0.1) is 0 Å². The maximum Gasteiger partial charge on any atom is 0.325 e. The van der Waals surface area contributed by atoms with Crippen LogP contribution in [0.15, 0.2) is 24.3 Å². The Kier molecular flexibility index (Phi) is 3.49. The van der Waals surface area contributed by atoms with Gasteiger partial charge in [0.15, 0.2) is 0 Å². The first-order valence-corrected chi connectivity index (χ1v) is 7.21. The van der Waals surface area contributed by atoms with E-state index in [1.165, 1.54) is 16.6 Å². The molecule has 1 unspecified atom stereocenters. The van der Waals surface area contributed by atoms with E-state index in [0.29, 0.717) is 13.2 Å². The molecule has 0 saturated carbocycles. The smallest absolute Gasteiger partial charge is 0.325 e. The van der Waals surface area contributed by atoms with Crippen LogP contribution in [-0.2, 0) is 28.9 Å². The molecule has 20 heavy (non-hydrogen) atoms. The fourth-order valence-corrected chi connectivity index (χ4v) is 3.14. The second-order valence-corrected chi connectivity index (χ2v) is 5.34. The summed E-state index contributed by atoms with van der Waals surface area (Å²) < 4.78 is 7.20. The van der Waals surface area contributed by atoms with Gasteiger partial charge in [-0.05, 0) is 37.8 Å². The lowest BCUT2D eigenvalue weighted by molar-refractivity contribution is -0.143. The Hall–Kier alpha value is -1.81. The molecule has 1 aromatic heterocycles. The number of hydrogen-bond donors (Lipinski definition) is 1. The van der Waals surface area contributed by atoms with Gasteiger partial charge < -0.3 is 15.0 Å². The summed E-state index contributed by atoms with van der Waals surface area (Å²) in [7, 11) is 0. The molecule has 0 saturated heterocycles. The van der Waals surface area contributed by atoms with E-state index in [2.05, 4.69) is 16.7 Å². The molecule has 4 heteroatoms. The average Bonchev–Trinajstić information content (AvgIpc) is 2.74. The number of nitrogens with zero attached hydrogens (tertiary/aromatic N) is 1. The largest absolute Gasteiger partial charge is 0.465 e. The molecule has 106 valence electrons. The van der Waals surface area contributed by atoms with Gasteiger partial charge in [0.1, 0.15) is 6.54 Å². The van der Waals surface area contributed by atoms with Crippen LogP contribution in [0.5, 0.6) is 0 Å². The molecular weight excluding hydrogens is 252 g/mol. The molecule has 1 heterocycles. The first-order chi connectivity index (χ1) is 9.70. The first kappa shape index (κ1) is 13.2. The number of hydrogen-bond acceptors (Lipinski definition) is 3. The lowest BCUT2D eigenvalue weighted by atomic mass is 9.92. The number of esters is 1. The Morgan fingerprint density at radius 3 is 3.05 bits per heavy atom. The third-order valence-corrected chi connectivity index (χ3v) is 4.00. The molecule has 2 aromatic rings. The summed E-state index contributed by atoms with van der Waals surface area (Å²) >= 11 is 0. The van der Waals surface area contributed by atoms with Gasteiger partial charge in [0.2, 0.25) is 0 Å². The summed E-state index contributed by atoms with van der Waals surface area (Å²) in [4.78, 5) is 11.8. The molecule has 0 aliphatic heterocycles. The number of carbonyl (C=O) groups excluding carboxylic acids is 1. The lowest BCUT2D eigenvalue weighted by Gasteiger charge is -2.20. The maximum absolute atomic E-state index is 11.8. The summed E-state index contributed by atoms with van der Waals surface area (Å²) in [6.07, 6.45) is 2.81. The van der Waals surface area contributed by atoms with Crippen molar-refractivity contribution < 1.29 is 9.53 Å². The Morgan fingerprint density at radius 1 is 1.45 bits per heavy atom. The molecule has 3 rings (SSSR count). The standard InChI is InChI=1S/C16H20N2O2/c1-2-20-16(19)10-18-14-6-4-3-5-12(14)13-9-11(17)7-8-15(13)18/h3-6,11H,2,7-10,17H2,1H3. The monoisotopic (exact) mass is 272 g/mol. The van der Waals surface area contributed by atoms with Crippen LogP contribution in [0.3, 0.4) is 0 Å². The van der Waals surface area contributed by atoms with Crippen molar-refractivity contribution >= 4 is 16.9 Å². The molecule has 0 bridgehead atoms. The molecule has 1 aromatic carbocycles. The van der Waals surface area contributed by atoms with Crippen LogP contribution in [0.4, 0.5) is 0 Å². The number of nitrogens with two attached hydrogens (primary N) is 1. The maximum atomic E-state index is 11.8. The van der Waals surface area contributed by atoms with Crippen molar-refractivity contribution in [2.75, 3.05) is 6.61 Å². The second kappa shape index (κ2) is 5.29. The van der Waals surface area contributed by atoms with Crippen molar-refractivity contribution in [2.24, 2.45) is 5.73 Å². The van der Waals surface area contributed by atoms with E-state index in [1.807, 2.05) is 19.1 Å². The van der Waals surface area contributed by atoms with Crippen molar-refractivity contribution in [3.63, 3.8) is 0 Å². The van der Waals surface area contributed by atoms with Crippen molar-refractivity contribution in [2.45, 2.75) is 38.8 Å². The van der Waals surface area contributed by atoms with Gasteiger partial charge in [0, 0.05) is 22.6 Å². The third-order valence-electron chi connectivity index (χ3n) is 4.00. The molecular formula is C16H20N2O2. The zero-order valence-corrected chi connectivity index (χ0v) is 11.8. The van der Waals surface area contributed by atoms with E-state index in [-0.39, 0.29) is 12.0 Å². The Morgan fingerprint density at radius 2 is 2.25 bits per heavy atom. The van der Waals surface area contributed by atoms with Crippen LogP contribution in [-0.4, -0.2) is 23.2 Å². The number of fused-ring (bicyclic) bond motifs is 3. The Bertz CT molecular complexity index is 645. The summed E-state index contributed by atoms with van der Waals surface area (Å²) in [6.45, 7) is 2.55. The first-order valence-electron chi connectivity index (χ1n) is 7.21. The van der Waals surface area contributed by atoms with Crippen LogP contribution >= 0.6 is 0 Å². The predicted molar refractivity (Wildman–Crippen MR) is 78.6 cm³/mol. The zero-order chi connectivity index (χ0) is 14.1. The van der Waals surface area contributed by atoms with Crippen LogP contribution in [0.2, 0.25) is 0 Å². The summed E-state index contributed by atoms with van der Waals surface area (Å²) in [5.41, 5.74) is 9.77. The second-order valence-electron chi connectivity index (χ2n) is 5.34. The fourth-order valence-electron chi connectivity index (χ4n) is 3.14. The van der Waals surface area contributed by atoms with E-state index < -0.39 is 0 Å². The number of para-hydroxylation sites is 1. The molecule has 0 fully saturated rings. The molecule has 1 aliphatic rings. The zero-order valence-electron chi connectivity index (χ0n) is 11.8. The van der Waals surface area contributed by atoms with Crippen molar-refractivity contribution in [3.05, 3.63) is 35.5 Å². The normalized spacial score (nSPS) is 18.0. The van der Waals surface area contributed by atoms with Crippen molar-refractivity contribution in [1.82, 2.24) is 4.57 Å². The fraction of sp³-hybridized carbons (Fsp3) is 0.438. The molecule has 0 radical (unpaired) electrons. The highest BCUT2D eigenvalue weighted by Crippen LogP contribution is 2.31. The minimum Gasteiger partial charge on any atom is -0.465 e. The van der Waals surface area contributed by atoms with Gasteiger partial charge in [-0.25, -0.2) is 0 Å². The van der Waals surface area contributed by atoms with Crippen molar-refractivity contribution in [1.29, 1.82) is 0 Å². The Balaban J connectivity index is 2.09. The van der Waals surface area contributed by atoms with Gasteiger partial charge in [0.25, 0.3) is 0 Å². The predicted octanol–water partition coefficient (Wildman–Crippen LogP) is 2.02. The van der Waals surface area contributed by atoms with Gasteiger partial charge in [-0.3, -0.25) is 4.79 Å². The van der Waals surface area contributed by atoms with E-state index in [1.54, 1.807) is 0 Å². The summed E-state index contributed by atoms with van der Waals surface area (Å²) in [5, 5.41) is 1.22. The molecule has 1 aliphatic carbocycles. The average molecular weight is 272 g/mol. The number of benzene rings is 1. The quantitative estimate of drug-likeness (QED) is 0.870. The van der Waals surface area contributed by atoms with Gasteiger partial charge in [-0.1, -0.05) is 18.2 Å². The summed E-state index contributed by atoms with van der Waals surface area (Å²) in [5.74, 6) is -0.175. The van der Waals surface area contributed by atoms with Crippen LogP contribution in [0.1, 0.15) is 24.6 Å². The minimum absolute atomic E-state index is 0.175. The van der Waals surface area contributed by atoms with E-state index in [0.717, 1.165) is 24.8 Å². The van der Waals surface area contributed by atoms with Gasteiger partial charge in [-0.15, -0.1) is 0 Å². The van der Waals surface area contributed by atoms with Gasteiger partial charge in [0.05, 0.1) is 6.61 Å². The number of carbonyl (C=O) groups is 1. The highest BCUT2D eigenvalue weighted by atomic mass is 16.5. The summed E-state index contributed by atoms with van der Waals surface area (Å²) in [6, 6.07) is 8.46. The molecule has 2 N–H and O–H groups in total. The van der Waals surface area contributed by atoms with Crippen molar-refractivity contribution in [3.8, 4) is 0 Å². The third kappa shape index (κ3) is 2.20. The highest BCUT2D eigenvalue weighted by Gasteiger charge is 2.24. The molecule has 4 nitrogen and oxygen atoms in total. The molecule has 0 amide bonds. The van der Waals surface area contributed by atoms with E-state index in [9.17, 15) is 4.79 Å². The minimum atomic E-state index is -0.175. The van der Waals surface area contributed by atoms with Crippen LogP contribution in [0.25, 0.3) is 10.9 Å². The number of aromatic nitrogens is 1. The lowest BCUT2D eigenvalue weighted by Crippen LogP contribution is -2.28. The van der Waals surface area contributed by atoms with Gasteiger partial charge in [-0.2, -0.15) is 0 Å². The van der Waals surface area contributed by atoms with Gasteiger partial charge >= 0.3 is 5.97 Å². The molecule has 0 spiro atoms. The topological polar surface area (TPSA) is 57.2 Å². The van der Waals surface area contributed by atoms with E-state index in [4.69, 9.17) is 10.5 Å². The highest BCUT2D eigenvalue weighted by molar-refractivity contribution is 5.87.